The average molecular weight is 194 g/mol. The van der Waals surface area contributed by atoms with Crippen LogP contribution >= 0.6 is 0 Å². The van der Waals surface area contributed by atoms with Gasteiger partial charge in [0.05, 0.1) is 6.61 Å². The number of carbonyl (C=O) groups excluding carboxylic acids is 1. The standard InChI is InChI=1S/C11H14O3/c1-4-8-7-10(11(12)13-6-3)14-9(8)5-2/h4-5,7H,6H2,1-3H3. The van der Waals surface area contributed by atoms with Crippen LogP contribution in [0, 0.1) is 0 Å². The van der Waals surface area contributed by atoms with E-state index in [1.807, 2.05) is 26.0 Å². The Bertz CT molecular complexity index is 394. The summed E-state index contributed by atoms with van der Waals surface area (Å²) in [5.41, 5.74) is 0.704. The molecule has 0 unspecified atom stereocenters. The van der Waals surface area contributed by atoms with Gasteiger partial charge in [0, 0.05) is 5.22 Å². The van der Waals surface area contributed by atoms with E-state index in [1.165, 1.54) is 0 Å². The predicted octanol–water partition coefficient (Wildman–Crippen LogP) is 1.06. The molecule has 0 saturated heterocycles. The Labute approximate surface area is 82.7 Å². The summed E-state index contributed by atoms with van der Waals surface area (Å²) >= 11 is 0. The van der Waals surface area contributed by atoms with E-state index in [2.05, 4.69) is 0 Å². The predicted molar refractivity (Wildman–Crippen MR) is 54.2 cm³/mol. The quantitative estimate of drug-likeness (QED) is 0.661. The van der Waals surface area contributed by atoms with Crippen LogP contribution in [0.4, 0.5) is 0 Å². The van der Waals surface area contributed by atoms with E-state index in [1.54, 1.807) is 13.0 Å². The molecule has 0 aromatic carbocycles. The number of furan rings is 1. The van der Waals surface area contributed by atoms with Crippen molar-refractivity contribution in [3.63, 3.8) is 0 Å². The first kappa shape index (κ1) is 10.6. The molecular weight excluding hydrogens is 180 g/mol. The van der Waals surface area contributed by atoms with Gasteiger partial charge < -0.3 is 9.15 Å². The molecule has 76 valence electrons. The lowest BCUT2D eigenvalue weighted by molar-refractivity contribution is 0.0488. The Balaban J connectivity index is 3.15. The maximum Gasteiger partial charge on any atom is 0.374 e. The van der Waals surface area contributed by atoms with Gasteiger partial charge in [-0.15, -0.1) is 0 Å². The van der Waals surface area contributed by atoms with E-state index in [0.29, 0.717) is 12.0 Å². The third-order valence-electron chi connectivity index (χ3n) is 1.84. The molecule has 0 saturated carbocycles. The zero-order chi connectivity index (χ0) is 10.6. The van der Waals surface area contributed by atoms with Crippen LogP contribution in [0.25, 0.3) is 12.2 Å². The van der Waals surface area contributed by atoms with E-state index in [0.717, 1.165) is 5.22 Å². The van der Waals surface area contributed by atoms with Crippen LogP contribution in [0.5, 0.6) is 0 Å². The molecular formula is C11H14O3. The molecule has 1 aromatic rings. The first-order valence-electron chi connectivity index (χ1n) is 4.62. The Morgan fingerprint density at radius 2 is 2.21 bits per heavy atom. The Kier molecular flexibility index (Phi) is 3.51. The summed E-state index contributed by atoms with van der Waals surface area (Å²) in [7, 11) is 0. The van der Waals surface area contributed by atoms with E-state index in [-0.39, 0.29) is 5.76 Å². The van der Waals surface area contributed by atoms with Gasteiger partial charge in [-0.3, -0.25) is 0 Å². The molecule has 1 aromatic heterocycles. The van der Waals surface area contributed by atoms with Gasteiger partial charge in [0.15, 0.2) is 0 Å². The summed E-state index contributed by atoms with van der Waals surface area (Å²) in [6.07, 6.45) is 3.71. The van der Waals surface area contributed by atoms with E-state index in [4.69, 9.17) is 9.15 Å². The van der Waals surface area contributed by atoms with Gasteiger partial charge in [-0.1, -0.05) is 6.08 Å². The topological polar surface area (TPSA) is 39.4 Å². The molecule has 1 rings (SSSR count). The van der Waals surface area contributed by atoms with Gasteiger partial charge in [-0.25, -0.2) is 4.79 Å². The Hall–Kier alpha value is -1.51. The number of hydrogen-bond donors (Lipinski definition) is 0. The molecule has 0 aliphatic rings. The fraction of sp³-hybridized carbons (Fsp3) is 0.364. The summed E-state index contributed by atoms with van der Waals surface area (Å²) < 4.78 is 10.1. The zero-order valence-electron chi connectivity index (χ0n) is 8.66. The van der Waals surface area contributed by atoms with Crippen molar-refractivity contribution in [2.24, 2.45) is 0 Å². The minimum Gasteiger partial charge on any atom is -0.460 e. The van der Waals surface area contributed by atoms with E-state index >= 15 is 0 Å². The van der Waals surface area contributed by atoms with Crippen molar-refractivity contribution >= 4 is 18.1 Å². The third-order valence-corrected chi connectivity index (χ3v) is 1.84. The van der Waals surface area contributed by atoms with Gasteiger partial charge in [0.25, 0.3) is 0 Å². The van der Waals surface area contributed by atoms with Crippen LogP contribution in [0.1, 0.15) is 31.3 Å². The Morgan fingerprint density at radius 1 is 1.50 bits per heavy atom. The van der Waals surface area contributed by atoms with Crippen molar-refractivity contribution < 1.29 is 13.9 Å². The lowest BCUT2D eigenvalue weighted by Crippen LogP contribution is -2.17. The molecule has 0 N–H and O–H groups in total. The van der Waals surface area contributed by atoms with Crippen molar-refractivity contribution in [3.8, 4) is 0 Å². The fourth-order valence-corrected chi connectivity index (χ4v) is 1.17. The molecule has 0 fully saturated rings. The molecule has 3 heteroatoms. The van der Waals surface area contributed by atoms with Crippen molar-refractivity contribution in [1.29, 1.82) is 0 Å². The lowest BCUT2D eigenvalue weighted by atomic mass is 10.3. The molecule has 0 atom stereocenters. The minimum atomic E-state index is -0.413. The largest absolute Gasteiger partial charge is 0.460 e. The van der Waals surface area contributed by atoms with Crippen molar-refractivity contribution in [2.75, 3.05) is 6.61 Å². The second-order valence-corrected chi connectivity index (χ2v) is 2.73. The zero-order valence-corrected chi connectivity index (χ0v) is 8.66. The molecule has 0 bridgehead atoms. The molecule has 0 amide bonds. The number of ether oxygens (including phenoxy) is 1. The minimum absolute atomic E-state index is 0.257. The maximum atomic E-state index is 11.3. The number of esters is 1. The van der Waals surface area contributed by atoms with Crippen LogP contribution in [0.15, 0.2) is 10.5 Å². The molecule has 0 radical (unpaired) electrons. The van der Waals surface area contributed by atoms with Crippen LogP contribution in [-0.4, -0.2) is 12.6 Å². The SMILES string of the molecule is CC=c1cc(C(=O)OCC)oc1=CC. The number of rotatable bonds is 2. The van der Waals surface area contributed by atoms with Crippen molar-refractivity contribution in [3.05, 3.63) is 22.5 Å². The van der Waals surface area contributed by atoms with Crippen LogP contribution < -0.4 is 10.6 Å². The van der Waals surface area contributed by atoms with E-state index in [9.17, 15) is 4.79 Å². The highest BCUT2D eigenvalue weighted by Gasteiger charge is 2.10. The van der Waals surface area contributed by atoms with Crippen molar-refractivity contribution in [1.82, 2.24) is 0 Å². The highest BCUT2D eigenvalue weighted by molar-refractivity contribution is 5.86. The Morgan fingerprint density at radius 3 is 2.64 bits per heavy atom. The van der Waals surface area contributed by atoms with Gasteiger partial charge in [0.1, 0.15) is 5.42 Å². The van der Waals surface area contributed by atoms with Gasteiger partial charge >= 0.3 is 5.97 Å². The molecule has 1 heterocycles. The van der Waals surface area contributed by atoms with E-state index < -0.39 is 5.97 Å². The third kappa shape index (κ3) is 2.05. The summed E-state index contributed by atoms with van der Waals surface area (Å²) in [5, 5.41) is 0.913. The van der Waals surface area contributed by atoms with Gasteiger partial charge in [0.2, 0.25) is 5.76 Å². The highest BCUT2D eigenvalue weighted by Crippen LogP contribution is 1.95. The summed E-state index contributed by atoms with van der Waals surface area (Å²) in [6.45, 7) is 5.88. The first-order chi connectivity index (χ1) is 6.72. The summed E-state index contributed by atoms with van der Waals surface area (Å²) in [6, 6.07) is 1.69. The molecule has 14 heavy (non-hydrogen) atoms. The maximum absolute atomic E-state index is 11.3. The smallest absolute Gasteiger partial charge is 0.374 e. The normalized spacial score (nSPS) is 13.4. The molecule has 3 nitrogen and oxygen atoms in total. The second kappa shape index (κ2) is 4.65. The fourth-order valence-electron chi connectivity index (χ4n) is 1.17. The molecule has 0 aliphatic carbocycles. The van der Waals surface area contributed by atoms with Crippen molar-refractivity contribution in [2.45, 2.75) is 20.8 Å². The number of hydrogen-bond acceptors (Lipinski definition) is 3. The molecule has 0 aliphatic heterocycles. The van der Waals surface area contributed by atoms with Gasteiger partial charge in [-0.2, -0.15) is 0 Å². The van der Waals surface area contributed by atoms with Crippen LogP contribution in [0.3, 0.4) is 0 Å². The average Bonchev–Trinajstić information content (AvgIpc) is 2.61. The summed E-state index contributed by atoms with van der Waals surface area (Å²) in [4.78, 5) is 11.3. The highest BCUT2D eigenvalue weighted by atomic mass is 16.5. The second-order valence-electron chi connectivity index (χ2n) is 2.73. The first-order valence-corrected chi connectivity index (χ1v) is 4.62. The summed E-state index contributed by atoms with van der Waals surface area (Å²) in [5.74, 6) is -0.156. The lowest BCUT2D eigenvalue weighted by Gasteiger charge is -1.95. The monoisotopic (exact) mass is 194 g/mol. The van der Waals surface area contributed by atoms with Gasteiger partial charge in [-0.05, 0) is 32.9 Å². The van der Waals surface area contributed by atoms with Crippen LogP contribution in [-0.2, 0) is 4.74 Å². The van der Waals surface area contributed by atoms with Crippen LogP contribution in [0.2, 0.25) is 0 Å². The molecule has 0 spiro atoms. The number of carbonyl (C=O) groups is 1.